The number of hydrogen-bond acceptors (Lipinski definition) is 3. The summed E-state index contributed by atoms with van der Waals surface area (Å²) in [4.78, 5) is 13.4. The number of carbonyl (C=O) groups excluding carboxylic acids is 1. The summed E-state index contributed by atoms with van der Waals surface area (Å²) < 4.78 is 14.2. The molecule has 20 heavy (non-hydrogen) atoms. The lowest BCUT2D eigenvalue weighted by Gasteiger charge is -2.31. The predicted octanol–water partition coefficient (Wildman–Crippen LogP) is 2.37. The van der Waals surface area contributed by atoms with Crippen LogP contribution in [0.5, 0.6) is 0 Å². The number of halogens is 1. The number of nitrogens with one attached hydrogen (secondary N) is 1. The van der Waals surface area contributed by atoms with Gasteiger partial charge in [0.05, 0.1) is 17.1 Å². The molecule has 102 valence electrons. The molecule has 0 aliphatic carbocycles. The van der Waals surface area contributed by atoms with Gasteiger partial charge in [-0.1, -0.05) is 18.2 Å². The van der Waals surface area contributed by atoms with Crippen LogP contribution < -0.4 is 16.0 Å². The van der Waals surface area contributed by atoms with Gasteiger partial charge in [-0.25, -0.2) is 4.39 Å². The zero-order valence-corrected chi connectivity index (χ0v) is 10.8. The van der Waals surface area contributed by atoms with Crippen molar-refractivity contribution in [3.8, 4) is 0 Å². The molecule has 0 spiro atoms. The molecule has 0 atom stereocenters. The highest BCUT2D eigenvalue weighted by molar-refractivity contribution is 6.03. The Morgan fingerprint density at radius 2 is 2.00 bits per heavy atom. The molecule has 1 aliphatic rings. The normalized spacial score (nSPS) is 13.9. The van der Waals surface area contributed by atoms with Crippen LogP contribution >= 0.6 is 0 Å². The first kappa shape index (κ1) is 12.6. The zero-order valence-electron chi connectivity index (χ0n) is 10.8. The molecule has 2 aromatic carbocycles. The fraction of sp³-hybridized carbons (Fsp3) is 0.133. The summed E-state index contributed by atoms with van der Waals surface area (Å²) in [6, 6.07) is 12.2. The Kier molecular flexibility index (Phi) is 3.12. The van der Waals surface area contributed by atoms with Crippen molar-refractivity contribution in [2.24, 2.45) is 5.73 Å². The molecule has 0 unspecified atom stereocenters. The van der Waals surface area contributed by atoms with Crippen molar-refractivity contribution in [2.45, 2.75) is 6.54 Å². The van der Waals surface area contributed by atoms with Crippen molar-refractivity contribution < 1.29 is 9.18 Å². The Bertz CT molecular complexity index is 672. The SMILES string of the molecule is NCc1ccc(N2CC(=O)Nc3ccccc32)c(F)c1. The Hall–Kier alpha value is -2.40. The fourth-order valence-corrected chi connectivity index (χ4v) is 2.34. The molecule has 0 saturated heterocycles. The van der Waals surface area contributed by atoms with E-state index in [1.165, 1.54) is 6.07 Å². The zero-order chi connectivity index (χ0) is 14.1. The van der Waals surface area contributed by atoms with Crippen LogP contribution in [0.4, 0.5) is 21.5 Å². The quantitative estimate of drug-likeness (QED) is 0.881. The number of anilines is 3. The smallest absolute Gasteiger partial charge is 0.244 e. The number of nitrogens with two attached hydrogens (primary N) is 1. The second-order valence-corrected chi connectivity index (χ2v) is 4.64. The van der Waals surface area contributed by atoms with Gasteiger partial charge in [-0.05, 0) is 29.8 Å². The van der Waals surface area contributed by atoms with Crippen LogP contribution in [-0.2, 0) is 11.3 Å². The summed E-state index contributed by atoms with van der Waals surface area (Å²) >= 11 is 0. The van der Waals surface area contributed by atoms with E-state index in [0.717, 1.165) is 11.3 Å². The van der Waals surface area contributed by atoms with Crippen molar-refractivity contribution in [1.82, 2.24) is 0 Å². The maximum atomic E-state index is 14.2. The second-order valence-electron chi connectivity index (χ2n) is 4.64. The molecule has 0 saturated carbocycles. The van der Waals surface area contributed by atoms with E-state index in [-0.39, 0.29) is 24.8 Å². The van der Waals surface area contributed by atoms with Gasteiger partial charge < -0.3 is 16.0 Å². The minimum absolute atomic E-state index is 0.0932. The van der Waals surface area contributed by atoms with Gasteiger partial charge in [-0.15, -0.1) is 0 Å². The maximum absolute atomic E-state index is 14.2. The predicted molar refractivity (Wildman–Crippen MR) is 76.4 cm³/mol. The number of nitrogens with zero attached hydrogens (tertiary/aromatic N) is 1. The van der Waals surface area contributed by atoms with Gasteiger partial charge in [0.1, 0.15) is 12.4 Å². The Morgan fingerprint density at radius 3 is 2.75 bits per heavy atom. The molecule has 3 rings (SSSR count). The Morgan fingerprint density at radius 1 is 1.20 bits per heavy atom. The third kappa shape index (κ3) is 2.12. The molecule has 0 aromatic heterocycles. The summed E-state index contributed by atoms with van der Waals surface area (Å²) in [6.07, 6.45) is 0. The first-order chi connectivity index (χ1) is 9.69. The fourth-order valence-electron chi connectivity index (χ4n) is 2.34. The number of amides is 1. The maximum Gasteiger partial charge on any atom is 0.244 e. The first-order valence-corrected chi connectivity index (χ1v) is 6.34. The molecule has 4 nitrogen and oxygen atoms in total. The Labute approximate surface area is 116 Å². The highest BCUT2D eigenvalue weighted by Crippen LogP contribution is 2.36. The largest absolute Gasteiger partial charge is 0.328 e. The van der Waals surface area contributed by atoms with E-state index >= 15 is 0 Å². The summed E-state index contributed by atoms with van der Waals surface area (Å²) in [7, 11) is 0. The van der Waals surface area contributed by atoms with E-state index in [1.807, 2.05) is 18.2 Å². The molecule has 2 aromatic rings. The van der Waals surface area contributed by atoms with Crippen LogP contribution in [-0.4, -0.2) is 12.5 Å². The molecule has 1 amide bonds. The molecular formula is C15H14FN3O. The molecule has 3 N–H and O–H groups in total. The van der Waals surface area contributed by atoms with Gasteiger partial charge in [-0.3, -0.25) is 4.79 Å². The summed E-state index contributed by atoms with van der Waals surface area (Å²) in [6.45, 7) is 0.379. The highest BCUT2D eigenvalue weighted by Gasteiger charge is 2.24. The van der Waals surface area contributed by atoms with E-state index < -0.39 is 0 Å². The average molecular weight is 271 g/mol. The highest BCUT2D eigenvalue weighted by atomic mass is 19.1. The lowest BCUT2D eigenvalue weighted by molar-refractivity contribution is -0.115. The van der Waals surface area contributed by atoms with Crippen molar-refractivity contribution in [3.05, 3.63) is 53.8 Å². The summed E-state index contributed by atoms with van der Waals surface area (Å²) in [5.41, 5.74) is 8.07. The monoisotopic (exact) mass is 271 g/mol. The van der Waals surface area contributed by atoms with Crippen molar-refractivity contribution >= 4 is 23.0 Å². The molecule has 0 radical (unpaired) electrons. The van der Waals surface area contributed by atoms with Crippen molar-refractivity contribution in [3.63, 3.8) is 0 Å². The molecular weight excluding hydrogens is 257 g/mol. The van der Waals surface area contributed by atoms with Gasteiger partial charge in [0.2, 0.25) is 5.91 Å². The van der Waals surface area contributed by atoms with Crippen LogP contribution in [0, 0.1) is 5.82 Å². The van der Waals surface area contributed by atoms with E-state index in [2.05, 4.69) is 5.32 Å². The van der Waals surface area contributed by atoms with Gasteiger partial charge >= 0.3 is 0 Å². The lowest BCUT2D eigenvalue weighted by Crippen LogP contribution is -2.35. The summed E-state index contributed by atoms with van der Waals surface area (Å²) in [5.74, 6) is -0.538. The minimum atomic E-state index is -0.377. The standard InChI is InChI=1S/C15H14FN3O/c16-11-7-10(8-17)5-6-13(11)19-9-15(20)18-12-3-1-2-4-14(12)19/h1-7H,8-9,17H2,(H,18,20). The number of rotatable bonds is 2. The van der Waals surface area contributed by atoms with E-state index in [1.54, 1.807) is 23.1 Å². The van der Waals surface area contributed by atoms with Crippen LogP contribution in [0.15, 0.2) is 42.5 Å². The minimum Gasteiger partial charge on any atom is -0.328 e. The van der Waals surface area contributed by atoms with Crippen molar-refractivity contribution in [1.29, 1.82) is 0 Å². The number of carbonyl (C=O) groups is 1. The van der Waals surface area contributed by atoms with Gasteiger partial charge in [0, 0.05) is 6.54 Å². The third-order valence-corrected chi connectivity index (χ3v) is 3.31. The molecule has 1 heterocycles. The number of benzene rings is 2. The number of fused-ring (bicyclic) bond motifs is 1. The lowest BCUT2D eigenvalue weighted by atomic mass is 10.1. The van der Waals surface area contributed by atoms with Gasteiger partial charge in [0.15, 0.2) is 0 Å². The van der Waals surface area contributed by atoms with Crippen LogP contribution in [0.3, 0.4) is 0 Å². The van der Waals surface area contributed by atoms with Crippen LogP contribution in [0.1, 0.15) is 5.56 Å². The second kappa shape index (κ2) is 4.94. The van der Waals surface area contributed by atoms with Crippen molar-refractivity contribution in [2.75, 3.05) is 16.8 Å². The van der Waals surface area contributed by atoms with Gasteiger partial charge in [0.25, 0.3) is 0 Å². The topological polar surface area (TPSA) is 58.4 Å². The number of hydrogen-bond donors (Lipinski definition) is 2. The first-order valence-electron chi connectivity index (χ1n) is 6.34. The Balaban J connectivity index is 2.08. The molecule has 0 bridgehead atoms. The van der Waals surface area contributed by atoms with E-state index in [4.69, 9.17) is 5.73 Å². The third-order valence-electron chi connectivity index (χ3n) is 3.31. The molecule has 5 heteroatoms. The number of para-hydroxylation sites is 2. The van der Waals surface area contributed by atoms with Crippen LogP contribution in [0.25, 0.3) is 0 Å². The molecule has 1 aliphatic heterocycles. The van der Waals surface area contributed by atoms with E-state index in [0.29, 0.717) is 11.4 Å². The molecule has 0 fully saturated rings. The summed E-state index contributed by atoms with van der Waals surface area (Å²) in [5, 5.41) is 2.78. The van der Waals surface area contributed by atoms with E-state index in [9.17, 15) is 9.18 Å². The average Bonchev–Trinajstić information content (AvgIpc) is 2.46. The van der Waals surface area contributed by atoms with Crippen LogP contribution in [0.2, 0.25) is 0 Å². The van der Waals surface area contributed by atoms with Gasteiger partial charge in [-0.2, -0.15) is 0 Å².